The van der Waals surface area contributed by atoms with Crippen LogP contribution in [0.15, 0.2) is 0 Å². The lowest BCUT2D eigenvalue weighted by molar-refractivity contribution is -0.145. The fourth-order valence-corrected chi connectivity index (χ4v) is 3.34. The van der Waals surface area contributed by atoms with Crippen LogP contribution in [-0.2, 0) is 14.4 Å². The topological polar surface area (TPSA) is 77.9 Å². The van der Waals surface area contributed by atoms with Gasteiger partial charge in [-0.3, -0.25) is 24.2 Å². The number of likely N-dealkylation sites (tertiary alicyclic amines) is 1. The fourth-order valence-electron chi connectivity index (χ4n) is 3.34. The number of carboxylic acid groups (broad SMARTS) is 1. The van der Waals surface area contributed by atoms with E-state index in [1.165, 1.54) is 11.3 Å². The van der Waals surface area contributed by atoms with E-state index in [1.807, 2.05) is 0 Å². The minimum Gasteiger partial charge on any atom is -0.481 e. The summed E-state index contributed by atoms with van der Waals surface area (Å²) >= 11 is 0. The van der Waals surface area contributed by atoms with E-state index >= 15 is 0 Å². The Balaban J connectivity index is 2.01. The maximum absolute atomic E-state index is 12.5. The SMILES string of the molecule is CC(CN(C)C1CC(=O)N(C2CCCCC2)C1=O)C(=O)O. The van der Waals surface area contributed by atoms with Crippen LogP contribution in [-0.4, -0.2) is 58.4 Å². The predicted molar refractivity (Wildman–Crippen MR) is 76.6 cm³/mol. The van der Waals surface area contributed by atoms with Gasteiger partial charge in [-0.25, -0.2) is 0 Å². The van der Waals surface area contributed by atoms with Gasteiger partial charge in [0, 0.05) is 12.6 Å². The minimum absolute atomic E-state index is 0.0500. The Morgan fingerprint density at radius 1 is 1.33 bits per heavy atom. The molecular formula is C15H24N2O4. The average Bonchev–Trinajstić information content (AvgIpc) is 2.74. The van der Waals surface area contributed by atoms with Crippen LogP contribution in [0.2, 0.25) is 0 Å². The molecule has 2 aliphatic rings. The third-order valence-corrected chi connectivity index (χ3v) is 4.61. The van der Waals surface area contributed by atoms with E-state index in [1.54, 1.807) is 18.9 Å². The Labute approximate surface area is 125 Å². The Morgan fingerprint density at radius 2 is 1.95 bits per heavy atom. The van der Waals surface area contributed by atoms with E-state index < -0.39 is 17.9 Å². The first kappa shape index (κ1) is 15.9. The zero-order valence-electron chi connectivity index (χ0n) is 12.7. The third kappa shape index (κ3) is 3.43. The number of likely N-dealkylation sites (N-methyl/N-ethyl adjacent to an activating group) is 1. The first-order valence-electron chi connectivity index (χ1n) is 7.70. The summed E-state index contributed by atoms with van der Waals surface area (Å²) in [5, 5.41) is 8.96. The number of carbonyl (C=O) groups is 3. The van der Waals surface area contributed by atoms with E-state index in [2.05, 4.69) is 0 Å². The standard InChI is InChI=1S/C15H24N2O4/c1-10(15(20)21)9-16(2)12-8-13(18)17(14(12)19)11-6-4-3-5-7-11/h10-12H,3-9H2,1-2H3,(H,20,21). The zero-order valence-corrected chi connectivity index (χ0v) is 12.7. The van der Waals surface area contributed by atoms with Gasteiger partial charge >= 0.3 is 5.97 Å². The van der Waals surface area contributed by atoms with E-state index in [-0.39, 0.29) is 30.8 Å². The molecule has 0 bridgehead atoms. The Morgan fingerprint density at radius 3 is 2.52 bits per heavy atom. The highest BCUT2D eigenvalue weighted by atomic mass is 16.4. The van der Waals surface area contributed by atoms with Gasteiger partial charge in [-0.05, 0) is 19.9 Å². The summed E-state index contributed by atoms with van der Waals surface area (Å²) in [5.74, 6) is -1.69. The molecule has 6 nitrogen and oxygen atoms in total. The largest absolute Gasteiger partial charge is 0.481 e. The van der Waals surface area contributed by atoms with Crippen molar-refractivity contribution in [3.05, 3.63) is 0 Å². The van der Waals surface area contributed by atoms with Crippen LogP contribution in [0.1, 0.15) is 45.4 Å². The highest BCUT2D eigenvalue weighted by molar-refractivity contribution is 6.05. The molecule has 0 radical (unpaired) electrons. The van der Waals surface area contributed by atoms with Gasteiger partial charge in [0.15, 0.2) is 0 Å². The van der Waals surface area contributed by atoms with Crippen LogP contribution in [0, 0.1) is 5.92 Å². The Hall–Kier alpha value is -1.43. The smallest absolute Gasteiger partial charge is 0.307 e. The van der Waals surface area contributed by atoms with Crippen molar-refractivity contribution < 1.29 is 19.5 Å². The molecule has 1 heterocycles. The zero-order chi connectivity index (χ0) is 15.6. The van der Waals surface area contributed by atoms with Crippen LogP contribution in [0.5, 0.6) is 0 Å². The number of imide groups is 1. The van der Waals surface area contributed by atoms with Crippen LogP contribution >= 0.6 is 0 Å². The Kier molecular flexibility index (Phi) is 4.98. The molecule has 1 N–H and O–H groups in total. The molecular weight excluding hydrogens is 272 g/mol. The number of nitrogens with zero attached hydrogens (tertiary/aromatic N) is 2. The molecule has 118 valence electrons. The molecule has 2 fully saturated rings. The van der Waals surface area contributed by atoms with Crippen molar-refractivity contribution in [2.24, 2.45) is 5.92 Å². The van der Waals surface area contributed by atoms with Crippen molar-refractivity contribution in [1.29, 1.82) is 0 Å². The number of carboxylic acids is 1. The summed E-state index contributed by atoms with van der Waals surface area (Å²) in [5.41, 5.74) is 0. The van der Waals surface area contributed by atoms with Gasteiger partial charge < -0.3 is 5.11 Å². The molecule has 1 saturated heterocycles. The highest BCUT2D eigenvalue weighted by Gasteiger charge is 2.44. The summed E-state index contributed by atoms with van der Waals surface area (Å²) in [6, 6.07) is -0.449. The quantitative estimate of drug-likeness (QED) is 0.769. The molecule has 0 aromatic carbocycles. The number of rotatable bonds is 5. The summed E-state index contributed by atoms with van der Waals surface area (Å²) < 4.78 is 0. The molecule has 0 aromatic rings. The van der Waals surface area contributed by atoms with Gasteiger partial charge in [-0.15, -0.1) is 0 Å². The second-order valence-corrected chi connectivity index (χ2v) is 6.29. The van der Waals surface area contributed by atoms with Crippen molar-refractivity contribution in [2.45, 2.75) is 57.5 Å². The number of carbonyl (C=O) groups excluding carboxylic acids is 2. The van der Waals surface area contributed by atoms with Gasteiger partial charge in [0.2, 0.25) is 11.8 Å². The van der Waals surface area contributed by atoms with Crippen molar-refractivity contribution in [3.63, 3.8) is 0 Å². The number of aliphatic carboxylic acids is 1. The van der Waals surface area contributed by atoms with Gasteiger partial charge in [0.1, 0.15) is 0 Å². The second-order valence-electron chi connectivity index (χ2n) is 6.29. The van der Waals surface area contributed by atoms with E-state index in [4.69, 9.17) is 5.11 Å². The summed E-state index contributed by atoms with van der Waals surface area (Å²) in [4.78, 5) is 38.8. The predicted octanol–water partition coefficient (Wildman–Crippen LogP) is 1.10. The molecule has 6 heteroatoms. The van der Waals surface area contributed by atoms with Gasteiger partial charge in [-0.2, -0.15) is 0 Å². The molecule has 1 aliphatic heterocycles. The van der Waals surface area contributed by atoms with E-state index in [9.17, 15) is 14.4 Å². The summed E-state index contributed by atoms with van der Waals surface area (Å²) in [6.45, 7) is 1.89. The molecule has 0 aromatic heterocycles. The Bertz CT molecular complexity index is 431. The third-order valence-electron chi connectivity index (χ3n) is 4.61. The number of hydrogen-bond acceptors (Lipinski definition) is 4. The van der Waals surface area contributed by atoms with Crippen molar-refractivity contribution in [3.8, 4) is 0 Å². The highest BCUT2D eigenvalue weighted by Crippen LogP contribution is 2.28. The lowest BCUT2D eigenvalue weighted by Gasteiger charge is -2.31. The second kappa shape index (κ2) is 6.56. The molecule has 0 spiro atoms. The summed E-state index contributed by atoms with van der Waals surface area (Å²) in [7, 11) is 1.72. The van der Waals surface area contributed by atoms with Crippen molar-refractivity contribution in [1.82, 2.24) is 9.80 Å². The molecule has 2 rings (SSSR count). The fraction of sp³-hybridized carbons (Fsp3) is 0.800. The van der Waals surface area contributed by atoms with Crippen molar-refractivity contribution >= 4 is 17.8 Å². The molecule has 21 heavy (non-hydrogen) atoms. The van der Waals surface area contributed by atoms with E-state index in [0.717, 1.165) is 25.7 Å². The molecule has 2 amide bonds. The first-order chi connectivity index (χ1) is 9.91. The lowest BCUT2D eigenvalue weighted by atomic mass is 9.94. The summed E-state index contributed by atoms with van der Waals surface area (Å²) in [6.07, 6.45) is 5.29. The molecule has 1 saturated carbocycles. The maximum atomic E-state index is 12.5. The average molecular weight is 296 g/mol. The normalized spacial score (nSPS) is 25.7. The number of hydrogen-bond donors (Lipinski definition) is 1. The van der Waals surface area contributed by atoms with Crippen LogP contribution in [0.25, 0.3) is 0 Å². The molecule has 2 unspecified atom stereocenters. The van der Waals surface area contributed by atoms with Crippen molar-refractivity contribution in [2.75, 3.05) is 13.6 Å². The monoisotopic (exact) mass is 296 g/mol. The van der Waals surface area contributed by atoms with Crippen LogP contribution in [0.4, 0.5) is 0 Å². The molecule has 1 aliphatic carbocycles. The maximum Gasteiger partial charge on any atom is 0.307 e. The number of amides is 2. The van der Waals surface area contributed by atoms with Gasteiger partial charge in [-0.1, -0.05) is 26.2 Å². The minimum atomic E-state index is -0.886. The van der Waals surface area contributed by atoms with Crippen LogP contribution in [0.3, 0.4) is 0 Å². The van der Waals surface area contributed by atoms with Gasteiger partial charge in [0.25, 0.3) is 0 Å². The van der Waals surface area contributed by atoms with Crippen LogP contribution < -0.4 is 0 Å². The van der Waals surface area contributed by atoms with Gasteiger partial charge in [0.05, 0.1) is 18.4 Å². The lowest BCUT2D eigenvalue weighted by Crippen LogP contribution is -2.46. The molecule has 2 atom stereocenters. The van der Waals surface area contributed by atoms with E-state index in [0.29, 0.717) is 0 Å². The first-order valence-corrected chi connectivity index (χ1v) is 7.70.